The number of aliphatic hydroxyl groups is 4. The zero-order chi connectivity index (χ0) is 31.4. The number of nitrogens with zero attached hydrogens (tertiary/aromatic N) is 2. The fourth-order valence-corrected chi connectivity index (χ4v) is 7.75. The molecule has 236 valence electrons. The van der Waals surface area contributed by atoms with Gasteiger partial charge in [0.1, 0.15) is 30.4 Å². The van der Waals surface area contributed by atoms with Crippen LogP contribution in [0.4, 0.5) is 5.69 Å². The van der Waals surface area contributed by atoms with E-state index in [-0.39, 0.29) is 5.57 Å². The number of rotatable bonds is 10. The lowest BCUT2D eigenvalue weighted by Crippen LogP contribution is -2.64. The van der Waals surface area contributed by atoms with Gasteiger partial charge in [0, 0.05) is 41.6 Å². The number of thiophene rings is 1. The fraction of sp³-hybridized carbons (Fsp3) is 0.433. The van der Waals surface area contributed by atoms with Crippen molar-refractivity contribution in [2.45, 2.75) is 37.6 Å². The van der Waals surface area contributed by atoms with Crippen LogP contribution in [0.25, 0.3) is 26.8 Å². The van der Waals surface area contributed by atoms with Gasteiger partial charge in [-0.2, -0.15) is 9.98 Å². The highest BCUT2D eigenvalue weighted by Gasteiger charge is 2.45. The summed E-state index contributed by atoms with van der Waals surface area (Å²) in [6.07, 6.45) is -6.59. The van der Waals surface area contributed by atoms with E-state index in [9.17, 15) is 34.1 Å². The molecule has 2 aromatic carbocycles. The predicted octanol–water partition coefficient (Wildman–Crippen LogP) is 1.29. The van der Waals surface area contributed by atoms with E-state index in [1.165, 1.54) is 18.3 Å². The van der Waals surface area contributed by atoms with Crippen molar-refractivity contribution in [1.29, 1.82) is 5.26 Å². The second kappa shape index (κ2) is 14.0. The van der Waals surface area contributed by atoms with E-state index in [4.69, 9.17) is 9.47 Å². The zero-order valence-corrected chi connectivity index (χ0v) is 25.7. The quantitative estimate of drug-likeness (QED) is 0.175. The van der Waals surface area contributed by atoms with E-state index in [1.807, 2.05) is 24.3 Å². The molecule has 2 saturated heterocycles. The third kappa shape index (κ3) is 7.13. The number of morpholine rings is 1. The molecule has 3 aromatic rings. The van der Waals surface area contributed by atoms with Gasteiger partial charge < -0.3 is 35.2 Å². The third-order valence-electron chi connectivity index (χ3n) is 7.86. The fourth-order valence-electron chi connectivity index (χ4n) is 5.31. The number of benzene rings is 2. The summed E-state index contributed by atoms with van der Waals surface area (Å²) in [5.41, 5.74) is 2.16. The van der Waals surface area contributed by atoms with Gasteiger partial charge in [0.05, 0.1) is 19.8 Å². The van der Waals surface area contributed by atoms with Crippen molar-refractivity contribution in [2.75, 3.05) is 51.3 Å². The smallest absolute Gasteiger partial charge is 0.251 e. The first-order valence-corrected chi connectivity index (χ1v) is 16.5. The minimum atomic E-state index is -4.55. The summed E-state index contributed by atoms with van der Waals surface area (Å²) in [7, 11) is -4.55. The summed E-state index contributed by atoms with van der Waals surface area (Å²) in [6.45, 7) is 6.06. The predicted molar refractivity (Wildman–Crippen MR) is 167 cm³/mol. The van der Waals surface area contributed by atoms with Gasteiger partial charge >= 0.3 is 0 Å². The number of ether oxygens (including phenoxy) is 2. The Morgan fingerprint density at radius 2 is 1.80 bits per heavy atom. The van der Waals surface area contributed by atoms with Gasteiger partial charge in [-0.1, -0.05) is 18.2 Å². The van der Waals surface area contributed by atoms with Crippen LogP contribution in [0.1, 0.15) is 11.8 Å². The molecule has 0 bridgehead atoms. The lowest BCUT2D eigenvalue weighted by molar-refractivity contribution is -0.251. The number of hydrogen-bond acceptors (Lipinski definition) is 12. The normalized spacial score (nSPS) is 25.4. The SMILES string of the molecule is C/C(=C(/C#N)S(=O)(=O)N[C@H]1C(O)O[C@H](CO)[C@@H](O)[C@@H]1O)c1ccc(-c2ccc3cc(NCCN4CCOCC4)ccc3c2)s1. The summed E-state index contributed by atoms with van der Waals surface area (Å²) in [5, 5.41) is 55.3. The zero-order valence-electron chi connectivity index (χ0n) is 24.1. The first kappa shape index (κ1) is 32.5. The van der Waals surface area contributed by atoms with Crippen LogP contribution in [-0.4, -0.2) is 110 Å². The second-order valence-electron chi connectivity index (χ2n) is 10.8. The Bertz CT molecular complexity index is 1650. The Kier molecular flexibility index (Phi) is 10.3. The van der Waals surface area contributed by atoms with E-state index in [0.29, 0.717) is 4.88 Å². The van der Waals surface area contributed by atoms with E-state index < -0.39 is 52.2 Å². The molecule has 14 heteroatoms. The Labute approximate surface area is 259 Å². The van der Waals surface area contributed by atoms with E-state index in [2.05, 4.69) is 33.1 Å². The highest BCUT2D eigenvalue weighted by atomic mass is 32.2. The number of sulfonamides is 1. The maximum atomic E-state index is 13.2. The Balaban J connectivity index is 1.30. The molecule has 0 saturated carbocycles. The van der Waals surface area contributed by atoms with Crippen LogP contribution < -0.4 is 10.0 Å². The lowest BCUT2D eigenvalue weighted by Gasteiger charge is -2.40. The number of hydrogen-bond donors (Lipinski definition) is 6. The van der Waals surface area contributed by atoms with Crippen LogP contribution in [0.15, 0.2) is 53.4 Å². The molecule has 0 amide bonds. The van der Waals surface area contributed by atoms with Crippen molar-refractivity contribution < 1.29 is 38.3 Å². The average molecular weight is 645 g/mol. The van der Waals surface area contributed by atoms with Crippen molar-refractivity contribution in [3.63, 3.8) is 0 Å². The van der Waals surface area contributed by atoms with Crippen molar-refractivity contribution in [3.05, 3.63) is 58.3 Å². The molecule has 12 nitrogen and oxygen atoms in total. The van der Waals surface area contributed by atoms with Crippen molar-refractivity contribution in [2.24, 2.45) is 0 Å². The summed E-state index contributed by atoms with van der Waals surface area (Å²) in [5.74, 6) is 0. The van der Waals surface area contributed by atoms with Gasteiger partial charge in [0.25, 0.3) is 10.0 Å². The molecule has 2 aliphatic rings. The van der Waals surface area contributed by atoms with Crippen molar-refractivity contribution in [3.8, 4) is 16.5 Å². The molecule has 3 heterocycles. The van der Waals surface area contributed by atoms with Gasteiger partial charge in [0.2, 0.25) is 0 Å². The van der Waals surface area contributed by atoms with E-state index in [1.54, 1.807) is 12.1 Å². The lowest BCUT2D eigenvalue weighted by atomic mass is 9.98. The maximum absolute atomic E-state index is 13.2. The van der Waals surface area contributed by atoms with Gasteiger partial charge in [-0.25, -0.2) is 8.42 Å². The van der Waals surface area contributed by atoms with Crippen molar-refractivity contribution >= 4 is 43.4 Å². The highest BCUT2D eigenvalue weighted by molar-refractivity contribution is 7.93. The molecule has 1 unspecified atom stereocenters. The summed E-state index contributed by atoms with van der Waals surface area (Å²) in [6, 6.07) is 15.9. The molecule has 2 aliphatic heterocycles. The van der Waals surface area contributed by atoms with Gasteiger partial charge in [-0.05, 0) is 59.2 Å². The average Bonchev–Trinajstić information content (AvgIpc) is 3.52. The molecular formula is C30H36N4O8S2. The molecule has 0 radical (unpaired) electrons. The van der Waals surface area contributed by atoms with E-state index in [0.717, 1.165) is 66.3 Å². The minimum Gasteiger partial charge on any atom is -0.394 e. The summed E-state index contributed by atoms with van der Waals surface area (Å²) < 4.78 is 38.9. The summed E-state index contributed by atoms with van der Waals surface area (Å²) >= 11 is 1.32. The first-order valence-electron chi connectivity index (χ1n) is 14.2. The van der Waals surface area contributed by atoms with Crippen LogP contribution in [0.5, 0.6) is 0 Å². The van der Waals surface area contributed by atoms with Crippen molar-refractivity contribution in [1.82, 2.24) is 9.62 Å². The van der Waals surface area contributed by atoms with Crippen LogP contribution >= 0.6 is 11.3 Å². The molecule has 5 atom stereocenters. The highest BCUT2D eigenvalue weighted by Crippen LogP contribution is 2.35. The topological polar surface area (TPSA) is 185 Å². The molecule has 44 heavy (non-hydrogen) atoms. The van der Waals surface area contributed by atoms with E-state index >= 15 is 0 Å². The van der Waals surface area contributed by atoms with Crippen LogP contribution in [0, 0.1) is 11.3 Å². The standard InChI is InChI=1S/C30H36N4O8S2/c1-18(26(16-31)44(39,40)33-27-29(37)28(36)23(17-35)42-30(27)38)24-6-7-25(43-24)21-3-2-20-15-22(5-4-19(20)14-21)32-8-9-34-10-12-41-13-11-34/h2-7,14-15,23,27-30,32-33,35-38H,8-13,17H2,1H3/b26-18+/t23-,27-,28-,29-,30?/m1/s1. The Morgan fingerprint density at radius 1 is 1.07 bits per heavy atom. The second-order valence-corrected chi connectivity index (χ2v) is 13.5. The number of nitriles is 1. The third-order valence-corrected chi connectivity index (χ3v) is 10.6. The molecule has 2 fully saturated rings. The van der Waals surface area contributed by atoms with Gasteiger partial charge in [0.15, 0.2) is 11.2 Å². The first-order chi connectivity index (χ1) is 21.1. The van der Waals surface area contributed by atoms with Crippen LogP contribution in [0.2, 0.25) is 0 Å². The molecule has 6 N–H and O–H groups in total. The number of allylic oxidation sites excluding steroid dienone is 2. The largest absolute Gasteiger partial charge is 0.394 e. The summed E-state index contributed by atoms with van der Waals surface area (Å²) in [4.78, 5) is 3.20. The van der Waals surface area contributed by atoms with Gasteiger partial charge in [-0.3, -0.25) is 4.90 Å². The number of fused-ring (bicyclic) bond motifs is 1. The van der Waals surface area contributed by atoms with Crippen LogP contribution in [-0.2, 0) is 19.5 Å². The number of anilines is 1. The maximum Gasteiger partial charge on any atom is 0.251 e. The number of nitrogens with one attached hydrogen (secondary N) is 2. The van der Waals surface area contributed by atoms with Gasteiger partial charge in [-0.15, -0.1) is 11.3 Å². The van der Waals surface area contributed by atoms with Crippen LogP contribution in [0.3, 0.4) is 0 Å². The minimum absolute atomic E-state index is 0.180. The Morgan fingerprint density at radius 3 is 2.52 bits per heavy atom. The Hall–Kier alpha value is -2.94. The molecule has 0 aliphatic carbocycles. The molecular weight excluding hydrogens is 608 g/mol. The monoisotopic (exact) mass is 644 g/mol. The number of aliphatic hydroxyl groups excluding tert-OH is 4. The molecule has 0 spiro atoms. The molecule has 1 aromatic heterocycles. The molecule has 5 rings (SSSR count).